The second kappa shape index (κ2) is 7.90. The lowest BCUT2D eigenvalue weighted by Gasteiger charge is -2.33. The third kappa shape index (κ3) is 3.41. The van der Waals surface area contributed by atoms with Crippen molar-refractivity contribution < 1.29 is 9.13 Å². The predicted octanol–water partition coefficient (Wildman–Crippen LogP) is 3.04. The Morgan fingerprint density at radius 1 is 1.14 bits per heavy atom. The fraction of sp³-hybridized carbons (Fsp3) is 0.286. The van der Waals surface area contributed by atoms with Gasteiger partial charge in [-0.2, -0.15) is 4.39 Å². The van der Waals surface area contributed by atoms with E-state index in [4.69, 9.17) is 4.74 Å². The number of fused-ring (bicyclic) bond motifs is 1. The molecule has 1 aromatic carbocycles. The smallest absolute Gasteiger partial charge is 0.291 e. The summed E-state index contributed by atoms with van der Waals surface area (Å²) in [5.74, 6) is -0.356. The molecule has 0 spiro atoms. The minimum atomic E-state index is -0.830. The van der Waals surface area contributed by atoms with Gasteiger partial charge in [-0.15, -0.1) is 0 Å². The Bertz CT molecular complexity index is 1010. The number of hydrogen-bond acceptors (Lipinski definition) is 5. The number of halogens is 1. The number of anilines is 1. The van der Waals surface area contributed by atoms with Crippen molar-refractivity contribution in [1.82, 2.24) is 14.5 Å². The van der Waals surface area contributed by atoms with Crippen LogP contribution in [-0.2, 0) is 11.3 Å². The average Bonchev–Trinajstić information content (AvgIpc) is 2.76. The van der Waals surface area contributed by atoms with Crippen LogP contribution in [0.1, 0.15) is 18.1 Å². The molecule has 0 saturated carbocycles. The fourth-order valence-corrected chi connectivity index (χ4v) is 3.54. The second-order valence-corrected chi connectivity index (χ2v) is 6.70. The largest absolute Gasteiger partial charge is 0.375 e. The van der Waals surface area contributed by atoms with Crippen LogP contribution in [0.2, 0.25) is 0 Å². The van der Waals surface area contributed by atoms with Gasteiger partial charge < -0.3 is 9.64 Å². The van der Waals surface area contributed by atoms with E-state index in [1.807, 2.05) is 35.2 Å². The molecule has 1 unspecified atom stereocenters. The Hall–Kier alpha value is -3.06. The van der Waals surface area contributed by atoms with Gasteiger partial charge >= 0.3 is 0 Å². The number of aromatic nitrogens is 3. The molecular weight excluding hydrogens is 359 g/mol. The lowest BCUT2D eigenvalue weighted by molar-refractivity contribution is 0.107. The molecule has 0 aliphatic carbocycles. The number of benzene rings is 1. The molecule has 0 fully saturated rings. The molecule has 0 bridgehead atoms. The summed E-state index contributed by atoms with van der Waals surface area (Å²) >= 11 is 0. The number of hydrogen-bond donors (Lipinski definition) is 0. The summed E-state index contributed by atoms with van der Waals surface area (Å²) < 4.78 is 21.8. The van der Waals surface area contributed by atoms with Crippen molar-refractivity contribution in [3.63, 3.8) is 0 Å². The Morgan fingerprint density at radius 2 is 1.89 bits per heavy atom. The summed E-state index contributed by atoms with van der Waals surface area (Å²) in [6.45, 7) is 1.70. The Labute approximate surface area is 162 Å². The monoisotopic (exact) mass is 380 g/mol. The van der Waals surface area contributed by atoms with E-state index >= 15 is 0 Å². The van der Waals surface area contributed by atoms with E-state index in [1.165, 1.54) is 4.57 Å². The first-order valence-corrected chi connectivity index (χ1v) is 9.22. The number of rotatable bonds is 5. The molecule has 0 radical (unpaired) electrons. The lowest BCUT2D eigenvalue weighted by Crippen LogP contribution is -2.42. The number of nitrogens with zero attached hydrogens (tertiary/aromatic N) is 4. The van der Waals surface area contributed by atoms with E-state index in [9.17, 15) is 9.18 Å². The number of ether oxygens (including phenoxy) is 1. The fourth-order valence-electron chi connectivity index (χ4n) is 3.54. The van der Waals surface area contributed by atoms with Gasteiger partial charge in [0.2, 0.25) is 11.8 Å². The number of methoxy groups -OCH3 is 1. The zero-order chi connectivity index (χ0) is 19.5. The molecule has 4 rings (SSSR count). The van der Waals surface area contributed by atoms with E-state index in [-0.39, 0.29) is 11.8 Å². The van der Waals surface area contributed by atoms with Gasteiger partial charge in [-0.3, -0.25) is 14.3 Å². The van der Waals surface area contributed by atoms with Crippen molar-refractivity contribution in [3.05, 3.63) is 76.6 Å². The molecule has 1 aliphatic rings. The predicted molar refractivity (Wildman–Crippen MR) is 105 cm³/mol. The first-order valence-electron chi connectivity index (χ1n) is 9.22. The third-order valence-corrected chi connectivity index (χ3v) is 4.98. The topological polar surface area (TPSA) is 60.2 Å². The Morgan fingerprint density at radius 3 is 2.61 bits per heavy atom. The van der Waals surface area contributed by atoms with E-state index < -0.39 is 11.4 Å². The molecule has 1 atom stereocenters. The second-order valence-electron chi connectivity index (χ2n) is 6.70. The van der Waals surface area contributed by atoms with E-state index in [1.54, 1.807) is 31.6 Å². The summed E-state index contributed by atoms with van der Waals surface area (Å²) in [5.41, 5.74) is 0.986. The highest BCUT2D eigenvalue weighted by molar-refractivity contribution is 5.60. The quantitative estimate of drug-likeness (QED) is 0.681. The Kier molecular flexibility index (Phi) is 5.16. The van der Waals surface area contributed by atoms with Crippen LogP contribution in [0.25, 0.3) is 11.3 Å². The molecule has 0 amide bonds. The molecule has 144 valence electrons. The van der Waals surface area contributed by atoms with E-state index in [0.717, 1.165) is 18.5 Å². The molecule has 2 aromatic heterocycles. The molecule has 3 heterocycles. The first-order chi connectivity index (χ1) is 13.7. The maximum Gasteiger partial charge on any atom is 0.291 e. The van der Waals surface area contributed by atoms with Crippen molar-refractivity contribution >= 4 is 5.95 Å². The molecule has 0 N–H and O–H groups in total. The zero-order valence-corrected chi connectivity index (χ0v) is 15.6. The summed E-state index contributed by atoms with van der Waals surface area (Å²) in [6.07, 6.45) is 3.68. The van der Waals surface area contributed by atoms with E-state index in [0.29, 0.717) is 24.6 Å². The van der Waals surface area contributed by atoms with Gasteiger partial charge in [0.1, 0.15) is 5.69 Å². The van der Waals surface area contributed by atoms with Crippen LogP contribution in [0.4, 0.5) is 10.3 Å². The van der Waals surface area contributed by atoms with Crippen LogP contribution in [0.15, 0.2) is 59.7 Å². The van der Waals surface area contributed by atoms with Crippen LogP contribution >= 0.6 is 0 Å². The highest BCUT2D eigenvalue weighted by Gasteiger charge is 2.26. The van der Waals surface area contributed by atoms with Gasteiger partial charge in [0.15, 0.2) is 0 Å². The summed E-state index contributed by atoms with van der Waals surface area (Å²) in [5, 5.41) is 0. The van der Waals surface area contributed by atoms with Crippen LogP contribution < -0.4 is 10.5 Å². The summed E-state index contributed by atoms with van der Waals surface area (Å²) in [6, 6.07) is 13.2. The van der Waals surface area contributed by atoms with Gasteiger partial charge in [-0.1, -0.05) is 30.3 Å². The van der Waals surface area contributed by atoms with Gasteiger partial charge in [0.25, 0.3) is 5.56 Å². The van der Waals surface area contributed by atoms with Gasteiger partial charge in [-0.25, -0.2) is 4.98 Å². The van der Waals surface area contributed by atoms with Gasteiger partial charge in [0, 0.05) is 38.2 Å². The standard InChI is InChI=1S/C21H21FN4O2/c1-28-17(15-6-3-2-4-7-15)14-25-12-5-13-26-20(27)18(22)19(24-21(25)26)16-8-10-23-11-9-16/h2-4,6-11,17H,5,12-14H2,1H3. The van der Waals surface area contributed by atoms with Gasteiger partial charge in [0.05, 0.1) is 12.6 Å². The summed E-state index contributed by atoms with van der Waals surface area (Å²) in [4.78, 5) is 23.1. The third-order valence-electron chi connectivity index (χ3n) is 4.98. The van der Waals surface area contributed by atoms with Crippen molar-refractivity contribution in [2.45, 2.75) is 19.1 Å². The van der Waals surface area contributed by atoms with E-state index in [2.05, 4.69) is 9.97 Å². The SMILES string of the molecule is COC(CN1CCCn2c1nc(-c1ccncc1)c(F)c2=O)c1ccccc1. The van der Waals surface area contributed by atoms with Crippen molar-refractivity contribution in [2.75, 3.05) is 25.1 Å². The molecule has 1 aliphatic heterocycles. The maximum absolute atomic E-state index is 14.7. The van der Waals surface area contributed by atoms with Crippen LogP contribution in [0, 0.1) is 5.82 Å². The minimum absolute atomic E-state index is 0.0548. The van der Waals surface area contributed by atoms with Crippen molar-refractivity contribution in [3.8, 4) is 11.3 Å². The first kappa shape index (κ1) is 18.3. The summed E-state index contributed by atoms with van der Waals surface area (Å²) in [7, 11) is 1.66. The highest BCUT2D eigenvalue weighted by Crippen LogP contribution is 2.26. The highest BCUT2D eigenvalue weighted by atomic mass is 19.1. The molecule has 28 heavy (non-hydrogen) atoms. The van der Waals surface area contributed by atoms with Gasteiger partial charge in [-0.05, 0) is 24.1 Å². The minimum Gasteiger partial charge on any atom is -0.375 e. The van der Waals surface area contributed by atoms with Crippen molar-refractivity contribution in [1.29, 1.82) is 0 Å². The number of pyridine rings is 1. The van der Waals surface area contributed by atoms with Crippen LogP contribution in [0.3, 0.4) is 0 Å². The normalized spacial score (nSPS) is 14.6. The maximum atomic E-state index is 14.7. The Balaban J connectivity index is 1.74. The average molecular weight is 380 g/mol. The molecule has 3 aromatic rings. The van der Waals surface area contributed by atoms with Crippen LogP contribution in [-0.4, -0.2) is 34.7 Å². The molecule has 6 nitrogen and oxygen atoms in total. The molecular formula is C21H21FN4O2. The van der Waals surface area contributed by atoms with Crippen LogP contribution in [0.5, 0.6) is 0 Å². The lowest BCUT2D eigenvalue weighted by atomic mass is 10.1. The zero-order valence-electron chi connectivity index (χ0n) is 15.6. The molecule has 0 saturated heterocycles. The van der Waals surface area contributed by atoms with Crippen molar-refractivity contribution in [2.24, 2.45) is 0 Å². The molecule has 7 heteroatoms.